The van der Waals surface area contributed by atoms with Gasteiger partial charge in [0.05, 0.1) is 6.33 Å². The van der Waals surface area contributed by atoms with E-state index in [1.165, 1.54) is 17.7 Å². The summed E-state index contributed by atoms with van der Waals surface area (Å²) in [5.41, 5.74) is 0.304. The molecule has 0 amide bonds. The van der Waals surface area contributed by atoms with Crippen LogP contribution < -0.4 is 0 Å². The number of aromatic nitrogens is 2. The molecule has 2 heterocycles. The Morgan fingerprint density at radius 3 is 2.65 bits per heavy atom. The molecule has 6 heteroatoms. The topological polar surface area (TPSA) is 83.0 Å². The number of nitrogens with zero attached hydrogens (tertiary/aromatic N) is 1. The van der Waals surface area contributed by atoms with Gasteiger partial charge in [-0.3, -0.25) is 4.79 Å². The van der Waals surface area contributed by atoms with Crippen LogP contribution in [0.4, 0.5) is 0 Å². The highest BCUT2D eigenvalue weighted by Crippen LogP contribution is 2.23. The lowest BCUT2D eigenvalue weighted by atomic mass is 10.1. The fourth-order valence-corrected chi connectivity index (χ4v) is 2.53. The van der Waals surface area contributed by atoms with Crippen molar-refractivity contribution >= 4 is 23.1 Å². The summed E-state index contributed by atoms with van der Waals surface area (Å²) >= 11 is 1.50. The molecule has 0 bridgehead atoms. The second-order valence-electron chi connectivity index (χ2n) is 3.59. The average Bonchev–Trinajstić information content (AvgIpc) is 2.83. The van der Waals surface area contributed by atoms with Gasteiger partial charge in [0.1, 0.15) is 5.69 Å². The Kier molecular flexibility index (Phi) is 2.81. The molecule has 5 nitrogen and oxygen atoms in total. The van der Waals surface area contributed by atoms with E-state index < -0.39 is 5.97 Å². The molecular formula is C11H10N2O3S. The van der Waals surface area contributed by atoms with Gasteiger partial charge in [-0.15, -0.1) is 11.3 Å². The summed E-state index contributed by atoms with van der Waals surface area (Å²) in [6, 6.07) is 1.75. The fraction of sp³-hybridized carbons (Fsp3) is 0.182. The summed E-state index contributed by atoms with van der Waals surface area (Å²) in [5, 5.41) is 8.90. The Bertz CT molecular complexity index is 598. The van der Waals surface area contributed by atoms with Gasteiger partial charge in [0.2, 0.25) is 5.78 Å². The van der Waals surface area contributed by atoms with E-state index in [-0.39, 0.29) is 17.2 Å². The van der Waals surface area contributed by atoms with Crippen molar-refractivity contribution in [2.45, 2.75) is 13.8 Å². The number of rotatable bonds is 3. The summed E-state index contributed by atoms with van der Waals surface area (Å²) in [5.74, 6) is -1.54. The molecule has 0 aliphatic rings. The zero-order valence-electron chi connectivity index (χ0n) is 9.27. The molecule has 0 spiro atoms. The Morgan fingerprint density at radius 1 is 1.41 bits per heavy atom. The molecule has 0 saturated heterocycles. The standard InChI is InChI=1S/C11H10N2O3S/c1-5-3-7(6(2)17-5)10(14)8-9(11(15)16)13-4-12-8/h3-4H,1-2H3,(H,12,13)(H,15,16). The molecule has 0 saturated carbocycles. The summed E-state index contributed by atoms with van der Waals surface area (Å²) in [6.07, 6.45) is 1.21. The van der Waals surface area contributed by atoms with Crippen LogP contribution >= 0.6 is 11.3 Å². The summed E-state index contributed by atoms with van der Waals surface area (Å²) in [7, 11) is 0. The van der Waals surface area contributed by atoms with Crippen molar-refractivity contribution in [2.75, 3.05) is 0 Å². The quantitative estimate of drug-likeness (QED) is 0.816. The normalized spacial score (nSPS) is 10.5. The first kappa shape index (κ1) is 11.5. The zero-order valence-corrected chi connectivity index (χ0v) is 10.1. The second kappa shape index (κ2) is 4.14. The minimum Gasteiger partial charge on any atom is -0.477 e. The van der Waals surface area contributed by atoms with Crippen molar-refractivity contribution in [3.8, 4) is 0 Å². The molecule has 2 rings (SSSR count). The van der Waals surface area contributed by atoms with Gasteiger partial charge in [-0.2, -0.15) is 0 Å². The Morgan fingerprint density at radius 2 is 2.12 bits per heavy atom. The lowest BCUT2D eigenvalue weighted by Crippen LogP contribution is -2.09. The molecule has 0 aliphatic carbocycles. The smallest absolute Gasteiger partial charge is 0.354 e. The van der Waals surface area contributed by atoms with E-state index in [9.17, 15) is 9.59 Å². The first-order valence-corrected chi connectivity index (χ1v) is 5.70. The number of imidazole rings is 1. The van der Waals surface area contributed by atoms with Crippen LogP contribution in [0.1, 0.15) is 36.3 Å². The molecule has 0 aromatic carbocycles. The van der Waals surface area contributed by atoms with Gasteiger partial charge in [0.15, 0.2) is 5.69 Å². The predicted molar refractivity (Wildman–Crippen MR) is 62.8 cm³/mol. The number of nitrogens with one attached hydrogen (secondary N) is 1. The number of aromatic amines is 1. The monoisotopic (exact) mass is 250 g/mol. The summed E-state index contributed by atoms with van der Waals surface area (Å²) in [6.45, 7) is 3.73. The molecule has 0 unspecified atom stereocenters. The van der Waals surface area contributed by atoms with Crippen LogP contribution in [0.3, 0.4) is 0 Å². The molecule has 2 aromatic rings. The van der Waals surface area contributed by atoms with Crippen LogP contribution in [0, 0.1) is 13.8 Å². The van der Waals surface area contributed by atoms with Gasteiger partial charge in [-0.1, -0.05) is 0 Å². The Hall–Kier alpha value is -1.95. The van der Waals surface area contributed by atoms with Crippen LogP contribution in [-0.2, 0) is 0 Å². The van der Waals surface area contributed by atoms with Crippen molar-refractivity contribution in [1.29, 1.82) is 0 Å². The van der Waals surface area contributed by atoms with Gasteiger partial charge in [0.25, 0.3) is 0 Å². The van der Waals surface area contributed by atoms with Crippen molar-refractivity contribution in [3.63, 3.8) is 0 Å². The molecule has 0 aliphatic heterocycles. The number of aromatic carboxylic acids is 1. The second-order valence-corrected chi connectivity index (χ2v) is 5.05. The number of hydrogen-bond acceptors (Lipinski definition) is 4. The number of carbonyl (C=O) groups is 2. The number of hydrogen-bond donors (Lipinski definition) is 2. The fourth-order valence-electron chi connectivity index (χ4n) is 1.61. The molecule has 0 fully saturated rings. The van der Waals surface area contributed by atoms with Crippen LogP contribution in [0.25, 0.3) is 0 Å². The highest BCUT2D eigenvalue weighted by molar-refractivity contribution is 7.12. The molecule has 2 aromatic heterocycles. The van der Waals surface area contributed by atoms with E-state index in [1.54, 1.807) is 6.07 Å². The Labute approximate surface area is 101 Å². The van der Waals surface area contributed by atoms with E-state index in [0.717, 1.165) is 9.75 Å². The minimum absolute atomic E-state index is 0.0431. The number of carboxylic acid groups (broad SMARTS) is 1. The number of thiophene rings is 1. The molecule has 17 heavy (non-hydrogen) atoms. The number of H-pyrrole nitrogens is 1. The maximum Gasteiger partial charge on any atom is 0.354 e. The van der Waals surface area contributed by atoms with E-state index in [1.807, 2.05) is 13.8 Å². The third kappa shape index (κ3) is 1.99. The van der Waals surface area contributed by atoms with E-state index in [0.29, 0.717) is 5.56 Å². The highest BCUT2D eigenvalue weighted by Gasteiger charge is 2.23. The number of ketones is 1. The van der Waals surface area contributed by atoms with E-state index in [2.05, 4.69) is 9.97 Å². The third-order valence-corrected chi connectivity index (χ3v) is 3.32. The van der Waals surface area contributed by atoms with Gasteiger partial charge in [-0.05, 0) is 19.9 Å². The predicted octanol–water partition coefficient (Wildman–Crippen LogP) is 2.02. The van der Waals surface area contributed by atoms with Gasteiger partial charge >= 0.3 is 5.97 Å². The van der Waals surface area contributed by atoms with Crippen molar-refractivity contribution in [3.05, 3.63) is 39.1 Å². The number of aryl methyl sites for hydroxylation is 2. The molecule has 0 radical (unpaired) electrons. The molecule has 2 N–H and O–H groups in total. The first-order chi connectivity index (χ1) is 8.00. The molecular weight excluding hydrogens is 240 g/mol. The van der Waals surface area contributed by atoms with Gasteiger partial charge < -0.3 is 10.1 Å². The lowest BCUT2D eigenvalue weighted by molar-refractivity contribution is 0.0687. The van der Waals surface area contributed by atoms with Crippen molar-refractivity contribution in [2.24, 2.45) is 0 Å². The van der Waals surface area contributed by atoms with Crippen LogP contribution in [0.2, 0.25) is 0 Å². The summed E-state index contributed by atoms with van der Waals surface area (Å²) in [4.78, 5) is 31.1. The van der Waals surface area contributed by atoms with Gasteiger partial charge in [-0.25, -0.2) is 9.78 Å². The maximum atomic E-state index is 12.1. The van der Waals surface area contributed by atoms with Crippen LogP contribution in [0.5, 0.6) is 0 Å². The Balaban J connectivity index is 2.47. The number of carboxylic acids is 1. The largest absolute Gasteiger partial charge is 0.477 e. The minimum atomic E-state index is -1.18. The molecule has 0 atom stereocenters. The zero-order chi connectivity index (χ0) is 12.6. The SMILES string of the molecule is Cc1cc(C(=O)c2nc[nH]c2C(=O)O)c(C)s1. The van der Waals surface area contributed by atoms with E-state index in [4.69, 9.17) is 5.11 Å². The van der Waals surface area contributed by atoms with Crippen LogP contribution in [0.15, 0.2) is 12.4 Å². The van der Waals surface area contributed by atoms with Gasteiger partial charge in [0, 0.05) is 15.3 Å². The summed E-state index contributed by atoms with van der Waals surface area (Å²) < 4.78 is 0. The lowest BCUT2D eigenvalue weighted by Gasteiger charge is -1.97. The maximum absolute atomic E-state index is 12.1. The third-order valence-electron chi connectivity index (χ3n) is 2.35. The van der Waals surface area contributed by atoms with E-state index >= 15 is 0 Å². The van der Waals surface area contributed by atoms with Crippen molar-refractivity contribution in [1.82, 2.24) is 9.97 Å². The van der Waals surface area contributed by atoms with Crippen molar-refractivity contribution < 1.29 is 14.7 Å². The highest BCUT2D eigenvalue weighted by atomic mass is 32.1. The van der Waals surface area contributed by atoms with Crippen LogP contribution in [-0.4, -0.2) is 26.8 Å². The first-order valence-electron chi connectivity index (χ1n) is 4.89. The average molecular weight is 250 g/mol. The molecule has 88 valence electrons. The number of carbonyl (C=O) groups excluding carboxylic acids is 1.